The number of carbonyl (C=O) groups is 4. The van der Waals surface area contributed by atoms with E-state index in [0.717, 1.165) is 32.1 Å². The van der Waals surface area contributed by atoms with Gasteiger partial charge in [-0.1, -0.05) is 19.3 Å². The standard InChI is InChI=1S/C27H36FN5O4.ClH/c1-27(30-2,26(29)37)22(17-7-5-4-6-8-17)24(35)32-11-13-33(14-12-32)25(36)23-20(16-34)19-15-18(28)9-10-21(19)31(23)3;/h9-10,15-17,22,30H,4-8,11-14H2,1-3H3,(H2,29,37);1H/t22-,27?;/m1./s1. The van der Waals surface area contributed by atoms with Gasteiger partial charge in [-0.05, 0) is 50.9 Å². The molecule has 1 aliphatic heterocycles. The number of rotatable bonds is 7. The summed E-state index contributed by atoms with van der Waals surface area (Å²) in [7, 11) is 3.34. The van der Waals surface area contributed by atoms with Crippen molar-refractivity contribution in [1.82, 2.24) is 19.7 Å². The minimum Gasteiger partial charge on any atom is -0.368 e. The minimum absolute atomic E-state index is 0. The Kier molecular flexibility index (Phi) is 9.20. The molecule has 208 valence electrons. The Balaban J connectivity index is 0.00000400. The lowest BCUT2D eigenvalue weighted by atomic mass is 9.69. The number of aldehydes is 1. The molecule has 11 heteroatoms. The van der Waals surface area contributed by atoms with E-state index >= 15 is 0 Å². The van der Waals surface area contributed by atoms with Crippen LogP contribution >= 0.6 is 12.4 Å². The van der Waals surface area contributed by atoms with Crippen LogP contribution in [0.1, 0.15) is 59.9 Å². The number of hydrogen-bond donors (Lipinski definition) is 2. The molecular formula is C27H37ClFN5O4. The Labute approximate surface area is 228 Å². The molecule has 9 nitrogen and oxygen atoms in total. The first-order valence-corrected chi connectivity index (χ1v) is 12.9. The van der Waals surface area contributed by atoms with Gasteiger partial charge in [0.1, 0.15) is 17.1 Å². The van der Waals surface area contributed by atoms with Gasteiger partial charge >= 0.3 is 0 Å². The summed E-state index contributed by atoms with van der Waals surface area (Å²) in [4.78, 5) is 55.1. The van der Waals surface area contributed by atoms with E-state index < -0.39 is 23.2 Å². The lowest BCUT2D eigenvalue weighted by molar-refractivity contribution is -0.147. The summed E-state index contributed by atoms with van der Waals surface area (Å²) >= 11 is 0. The number of hydrogen-bond acceptors (Lipinski definition) is 5. The van der Waals surface area contributed by atoms with Gasteiger partial charge in [0.15, 0.2) is 6.29 Å². The van der Waals surface area contributed by atoms with Crippen molar-refractivity contribution in [2.45, 2.75) is 44.6 Å². The fraction of sp³-hybridized carbons (Fsp3) is 0.556. The van der Waals surface area contributed by atoms with Crippen LogP contribution in [0, 0.1) is 17.7 Å². The van der Waals surface area contributed by atoms with Crippen LogP contribution < -0.4 is 11.1 Å². The molecular weight excluding hydrogens is 513 g/mol. The Morgan fingerprint density at radius 1 is 1.11 bits per heavy atom. The quantitative estimate of drug-likeness (QED) is 0.515. The van der Waals surface area contributed by atoms with E-state index in [0.29, 0.717) is 30.3 Å². The van der Waals surface area contributed by atoms with Gasteiger partial charge in [-0.2, -0.15) is 0 Å². The van der Waals surface area contributed by atoms with Gasteiger partial charge in [-0.15, -0.1) is 12.4 Å². The van der Waals surface area contributed by atoms with Crippen LogP contribution in [0.25, 0.3) is 10.9 Å². The minimum atomic E-state index is -1.18. The molecule has 1 saturated heterocycles. The molecule has 2 atom stereocenters. The van der Waals surface area contributed by atoms with Gasteiger partial charge in [-0.25, -0.2) is 4.39 Å². The highest BCUT2D eigenvalue weighted by Crippen LogP contribution is 2.37. The molecule has 2 fully saturated rings. The van der Waals surface area contributed by atoms with Crippen molar-refractivity contribution in [3.05, 3.63) is 35.3 Å². The number of aromatic nitrogens is 1. The van der Waals surface area contributed by atoms with Crippen molar-refractivity contribution in [2.24, 2.45) is 24.6 Å². The van der Waals surface area contributed by atoms with Crippen molar-refractivity contribution in [1.29, 1.82) is 0 Å². The Morgan fingerprint density at radius 2 is 1.71 bits per heavy atom. The van der Waals surface area contributed by atoms with Crippen LogP contribution in [-0.4, -0.2) is 77.1 Å². The third-order valence-corrected chi connectivity index (χ3v) is 8.44. The molecule has 1 aliphatic carbocycles. The zero-order chi connectivity index (χ0) is 26.9. The number of piperazine rings is 1. The monoisotopic (exact) mass is 549 g/mol. The van der Waals surface area contributed by atoms with Crippen LogP contribution in [0.4, 0.5) is 4.39 Å². The van der Waals surface area contributed by atoms with E-state index in [-0.39, 0.29) is 54.5 Å². The summed E-state index contributed by atoms with van der Waals surface area (Å²) in [5.74, 6) is -2.03. The fourth-order valence-corrected chi connectivity index (χ4v) is 6.12. The lowest BCUT2D eigenvalue weighted by Gasteiger charge is -2.44. The van der Waals surface area contributed by atoms with E-state index in [4.69, 9.17) is 5.73 Å². The van der Waals surface area contributed by atoms with Gasteiger partial charge in [0.2, 0.25) is 11.8 Å². The molecule has 2 aliphatic rings. The van der Waals surface area contributed by atoms with Gasteiger partial charge in [0.25, 0.3) is 5.91 Å². The number of fused-ring (bicyclic) bond motifs is 1. The second kappa shape index (κ2) is 11.8. The summed E-state index contributed by atoms with van der Waals surface area (Å²) in [5, 5.41) is 3.42. The summed E-state index contributed by atoms with van der Waals surface area (Å²) < 4.78 is 15.4. The van der Waals surface area contributed by atoms with Crippen LogP contribution in [0.5, 0.6) is 0 Å². The predicted molar refractivity (Wildman–Crippen MR) is 145 cm³/mol. The maximum Gasteiger partial charge on any atom is 0.271 e. The van der Waals surface area contributed by atoms with Crippen molar-refractivity contribution in [3.8, 4) is 0 Å². The van der Waals surface area contributed by atoms with Crippen molar-refractivity contribution in [2.75, 3.05) is 33.2 Å². The van der Waals surface area contributed by atoms with Crippen LogP contribution in [0.15, 0.2) is 18.2 Å². The van der Waals surface area contributed by atoms with Crippen LogP contribution in [0.3, 0.4) is 0 Å². The molecule has 1 unspecified atom stereocenters. The maximum absolute atomic E-state index is 13.8. The van der Waals surface area contributed by atoms with E-state index in [2.05, 4.69) is 5.32 Å². The normalized spacial score (nSPS) is 18.9. The summed E-state index contributed by atoms with van der Waals surface area (Å²) in [6.07, 6.45) is 5.48. The Morgan fingerprint density at radius 3 is 2.26 bits per heavy atom. The van der Waals surface area contributed by atoms with E-state index in [1.54, 1.807) is 41.5 Å². The number of likely N-dealkylation sites (N-methyl/N-ethyl adjacent to an activating group) is 1. The highest BCUT2D eigenvalue weighted by Gasteiger charge is 2.49. The van der Waals surface area contributed by atoms with Crippen molar-refractivity contribution < 1.29 is 23.6 Å². The Bertz CT molecular complexity index is 1220. The van der Waals surface area contributed by atoms with Crippen molar-refractivity contribution in [3.63, 3.8) is 0 Å². The SMILES string of the molecule is CNC(C)(C(N)=O)[C@@H](C(=O)N1CCN(C(=O)c2c(C=O)c3cc(F)ccc3n2C)CC1)C1CCCCC1.Cl. The molecule has 2 heterocycles. The molecule has 1 aromatic carbocycles. The fourth-order valence-electron chi connectivity index (χ4n) is 6.12. The molecule has 1 aromatic heterocycles. The zero-order valence-corrected chi connectivity index (χ0v) is 23.0. The first kappa shape index (κ1) is 29.6. The van der Waals surface area contributed by atoms with Gasteiger partial charge in [0.05, 0.1) is 11.5 Å². The topological polar surface area (TPSA) is 118 Å². The molecule has 4 rings (SSSR count). The second-order valence-corrected chi connectivity index (χ2v) is 10.4. The van der Waals surface area contributed by atoms with Crippen LogP contribution in [-0.2, 0) is 16.6 Å². The number of aryl methyl sites for hydroxylation is 1. The largest absolute Gasteiger partial charge is 0.368 e. The number of amides is 3. The summed E-state index contributed by atoms with van der Waals surface area (Å²) in [6, 6.07) is 4.10. The number of nitrogens with one attached hydrogen (secondary N) is 1. The molecule has 3 amide bonds. The molecule has 2 aromatic rings. The first-order chi connectivity index (χ1) is 17.6. The molecule has 1 saturated carbocycles. The molecule has 0 spiro atoms. The number of benzene rings is 1. The van der Waals surface area contributed by atoms with Gasteiger partial charge < -0.3 is 25.4 Å². The third kappa shape index (κ3) is 5.16. The van der Waals surface area contributed by atoms with Gasteiger partial charge in [0, 0.05) is 44.1 Å². The average molecular weight is 550 g/mol. The molecule has 0 radical (unpaired) electrons. The smallest absolute Gasteiger partial charge is 0.271 e. The second-order valence-electron chi connectivity index (χ2n) is 10.4. The zero-order valence-electron chi connectivity index (χ0n) is 22.2. The molecule has 0 bridgehead atoms. The third-order valence-electron chi connectivity index (χ3n) is 8.44. The number of halogens is 2. The highest BCUT2D eigenvalue weighted by molar-refractivity contribution is 6.10. The summed E-state index contributed by atoms with van der Waals surface area (Å²) in [6.45, 7) is 2.88. The predicted octanol–water partition coefficient (Wildman–Crippen LogP) is 2.50. The Hall–Kier alpha value is -2.98. The number of nitrogens with zero attached hydrogens (tertiary/aromatic N) is 3. The number of nitrogens with two attached hydrogens (primary N) is 1. The van der Waals surface area contributed by atoms with E-state index in [9.17, 15) is 23.6 Å². The van der Waals surface area contributed by atoms with Gasteiger partial charge in [-0.3, -0.25) is 19.2 Å². The summed E-state index contributed by atoms with van der Waals surface area (Å²) in [5.41, 5.74) is 5.56. The van der Waals surface area contributed by atoms with Crippen molar-refractivity contribution >= 4 is 47.3 Å². The molecule has 38 heavy (non-hydrogen) atoms. The van der Waals surface area contributed by atoms with Crippen LogP contribution in [0.2, 0.25) is 0 Å². The van der Waals surface area contributed by atoms with E-state index in [1.807, 2.05) is 0 Å². The lowest BCUT2D eigenvalue weighted by Crippen LogP contribution is -2.64. The first-order valence-electron chi connectivity index (χ1n) is 12.9. The maximum atomic E-state index is 13.8. The highest BCUT2D eigenvalue weighted by atomic mass is 35.5. The van der Waals surface area contributed by atoms with E-state index in [1.165, 1.54) is 12.1 Å². The number of primary amides is 1. The average Bonchev–Trinajstić information content (AvgIpc) is 3.19. The molecule has 3 N–H and O–H groups in total. The number of carbonyl (C=O) groups excluding carboxylic acids is 4.